The van der Waals surface area contributed by atoms with Crippen molar-refractivity contribution in [3.8, 4) is 0 Å². The molecule has 1 aromatic heterocycles. The predicted molar refractivity (Wildman–Crippen MR) is 74.1 cm³/mol. The normalized spacial score (nSPS) is 10.3. The molecule has 0 saturated heterocycles. The molecule has 0 bridgehead atoms. The van der Waals surface area contributed by atoms with Gasteiger partial charge in [-0.2, -0.15) is 5.10 Å². The highest BCUT2D eigenvalue weighted by Gasteiger charge is 2.05. The maximum absolute atomic E-state index is 11.8. The molecule has 0 aliphatic rings. The Bertz CT molecular complexity index is 579. The van der Waals surface area contributed by atoms with Gasteiger partial charge in [0, 0.05) is 16.4 Å². The maximum Gasteiger partial charge on any atom is 0.246 e. The van der Waals surface area contributed by atoms with Crippen LogP contribution >= 0.6 is 15.9 Å². The molecule has 0 atom stereocenters. The van der Waals surface area contributed by atoms with Crippen molar-refractivity contribution in [2.24, 2.45) is 0 Å². The lowest BCUT2D eigenvalue weighted by atomic mass is 10.2. The van der Waals surface area contributed by atoms with Crippen molar-refractivity contribution >= 4 is 33.3 Å². The number of rotatable bonds is 3. The lowest BCUT2D eigenvalue weighted by molar-refractivity contribution is -0.116. The van der Waals surface area contributed by atoms with Gasteiger partial charge in [0.25, 0.3) is 0 Å². The minimum atomic E-state index is -0.145. The molecule has 1 aromatic carbocycles. The molecule has 18 heavy (non-hydrogen) atoms. The van der Waals surface area contributed by atoms with Crippen LogP contribution in [0.15, 0.2) is 34.9 Å². The SMILES string of the molecule is Cc1ccc(NC(=O)Cn2ccc(N)n2)cc1Br. The Morgan fingerprint density at radius 1 is 1.50 bits per heavy atom. The molecule has 0 spiro atoms. The Labute approximate surface area is 113 Å². The van der Waals surface area contributed by atoms with E-state index in [1.807, 2.05) is 25.1 Å². The fourth-order valence-electron chi connectivity index (χ4n) is 1.48. The molecule has 6 heteroatoms. The number of aromatic nitrogens is 2. The van der Waals surface area contributed by atoms with Gasteiger partial charge >= 0.3 is 0 Å². The van der Waals surface area contributed by atoms with Crippen molar-refractivity contribution in [1.82, 2.24) is 9.78 Å². The van der Waals surface area contributed by atoms with Gasteiger partial charge in [0.05, 0.1) is 0 Å². The van der Waals surface area contributed by atoms with Gasteiger partial charge in [-0.1, -0.05) is 22.0 Å². The van der Waals surface area contributed by atoms with Crippen molar-refractivity contribution in [1.29, 1.82) is 0 Å². The van der Waals surface area contributed by atoms with Crippen LogP contribution in [0.25, 0.3) is 0 Å². The molecular weight excluding hydrogens is 296 g/mol. The van der Waals surface area contributed by atoms with Crippen LogP contribution in [0.4, 0.5) is 11.5 Å². The summed E-state index contributed by atoms with van der Waals surface area (Å²) in [6, 6.07) is 7.31. The molecular formula is C12H13BrN4O. The molecule has 94 valence electrons. The molecule has 2 rings (SSSR count). The summed E-state index contributed by atoms with van der Waals surface area (Å²) < 4.78 is 2.46. The third-order valence-electron chi connectivity index (χ3n) is 2.42. The number of nitrogens with one attached hydrogen (secondary N) is 1. The maximum atomic E-state index is 11.8. The van der Waals surface area contributed by atoms with Gasteiger partial charge in [0.2, 0.25) is 5.91 Å². The average Bonchev–Trinajstić information content (AvgIpc) is 2.69. The average molecular weight is 309 g/mol. The van der Waals surface area contributed by atoms with Crippen molar-refractivity contribution < 1.29 is 4.79 Å². The molecule has 1 heterocycles. The number of amides is 1. The summed E-state index contributed by atoms with van der Waals surface area (Å²) in [6.07, 6.45) is 1.67. The topological polar surface area (TPSA) is 72.9 Å². The van der Waals surface area contributed by atoms with E-state index in [4.69, 9.17) is 5.73 Å². The third-order valence-corrected chi connectivity index (χ3v) is 3.28. The highest BCUT2D eigenvalue weighted by Crippen LogP contribution is 2.20. The molecule has 5 nitrogen and oxygen atoms in total. The molecule has 1 amide bonds. The van der Waals surface area contributed by atoms with E-state index in [2.05, 4.69) is 26.3 Å². The van der Waals surface area contributed by atoms with Gasteiger partial charge in [-0.15, -0.1) is 0 Å². The first-order valence-corrected chi connectivity index (χ1v) is 6.19. The molecule has 0 unspecified atom stereocenters. The van der Waals surface area contributed by atoms with Crippen LogP contribution in [0.1, 0.15) is 5.56 Å². The van der Waals surface area contributed by atoms with Crippen LogP contribution in [0.2, 0.25) is 0 Å². The zero-order valence-corrected chi connectivity index (χ0v) is 11.4. The summed E-state index contributed by atoms with van der Waals surface area (Å²) in [7, 11) is 0. The number of hydrogen-bond donors (Lipinski definition) is 2. The van der Waals surface area contributed by atoms with Gasteiger partial charge < -0.3 is 11.1 Å². The predicted octanol–water partition coefficient (Wildman–Crippen LogP) is 2.17. The summed E-state index contributed by atoms with van der Waals surface area (Å²) >= 11 is 3.42. The Kier molecular flexibility index (Phi) is 3.66. The number of nitrogen functional groups attached to an aromatic ring is 1. The van der Waals surface area contributed by atoms with E-state index in [1.165, 1.54) is 4.68 Å². The smallest absolute Gasteiger partial charge is 0.246 e. The van der Waals surface area contributed by atoms with Crippen LogP contribution < -0.4 is 11.1 Å². The van der Waals surface area contributed by atoms with Crippen LogP contribution in [-0.4, -0.2) is 15.7 Å². The number of halogens is 1. The van der Waals surface area contributed by atoms with Gasteiger partial charge in [-0.05, 0) is 30.7 Å². The number of hydrogen-bond acceptors (Lipinski definition) is 3. The standard InChI is InChI=1S/C12H13BrN4O/c1-8-2-3-9(6-10(8)13)15-12(18)7-17-5-4-11(14)16-17/h2-6H,7H2,1H3,(H2,14,16)(H,15,18). The van der Waals surface area contributed by atoms with E-state index in [-0.39, 0.29) is 12.5 Å². The number of carbonyl (C=O) groups is 1. The van der Waals surface area contributed by atoms with Gasteiger partial charge in [0.15, 0.2) is 0 Å². The molecule has 0 saturated carbocycles. The van der Waals surface area contributed by atoms with Crippen LogP contribution in [0, 0.1) is 6.92 Å². The summed E-state index contributed by atoms with van der Waals surface area (Å²) in [4.78, 5) is 11.8. The Morgan fingerprint density at radius 2 is 2.28 bits per heavy atom. The first-order chi connectivity index (χ1) is 8.54. The fourth-order valence-corrected chi connectivity index (χ4v) is 1.86. The Morgan fingerprint density at radius 3 is 2.89 bits per heavy atom. The summed E-state index contributed by atoms with van der Waals surface area (Å²) in [5, 5.41) is 6.75. The largest absolute Gasteiger partial charge is 0.382 e. The number of carbonyl (C=O) groups excluding carboxylic acids is 1. The molecule has 3 N–H and O–H groups in total. The van der Waals surface area contributed by atoms with Gasteiger partial charge in [0.1, 0.15) is 12.4 Å². The first-order valence-electron chi connectivity index (χ1n) is 5.39. The minimum Gasteiger partial charge on any atom is -0.382 e. The van der Waals surface area contributed by atoms with E-state index in [1.54, 1.807) is 12.3 Å². The number of nitrogens with two attached hydrogens (primary N) is 1. The van der Waals surface area contributed by atoms with Crippen molar-refractivity contribution in [2.45, 2.75) is 13.5 Å². The number of nitrogens with zero attached hydrogens (tertiary/aromatic N) is 2. The molecule has 0 fully saturated rings. The van der Waals surface area contributed by atoms with Crippen LogP contribution in [0.5, 0.6) is 0 Å². The second kappa shape index (κ2) is 5.22. The number of benzene rings is 1. The number of anilines is 2. The lowest BCUT2D eigenvalue weighted by Gasteiger charge is -2.07. The third kappa shape index (κ3) is 3.10. The fraction of sp³-hybridized carbons (Fsp3) is 0.167. The summed E-state index contributed by atoms with van der Waals surface area (Å²) in [5.74, 6) is 0.259. The zero-order chi connectivity index (χ0) is 13.1. The van der Waals surface area contributed by atoms with Crippen LogP contribution in [0.3, 0.4) is 0 Å². The lowest BCUT2D eigenvalue weighted by Crippen LogP contribution is -2.19. The van der Waals surface area contributed by atoms with E-state index in [9.17, 15) is 4.79 Å². The zero-order valence-electron chi connectivity index (χ0n) is 9.85. The highest BCUT2D eigenvalue weighted by atomic mass is 79.9. The molecule has 0 radical (unpaired) electrons. The monoisotopic (exact) mass is 308 g/mol. The second-order valence-electron chi connectivity index (χ2n) is 3.95. The van der Waals surface area contributed by atoms with Crippen molar-refractivity contribution in [3.05, 3.63) is 40.5 Å². The Hall–Kier alpha value is -1.82. The highest BCUT2D eigenvalue weighted by molar-refractivity contribution is 9.10. The van der Waals surface area contributed by atoms with Gasteiger partial charge in [-0.3, -0.25) is 9.48 Å². The van der Waals surface area contributed by atoms with Crippen LogP contribution in [-0.2, 0) is 11.3 Å². The molecule has 0 aliphatic heterocycles. The van der Waals surface area contributed by atoms with E-state index in [0.29, 0.717) is 5.82 Å². The van der Waals surface area contributed by atoms with E-state index in [0.717, 1.165) is 15.7 Å². The van der Waals surface area contributed by atoms with E-state index < -0.39 is 0 Å². The second-order valence-corrected chi connectivity index (χ2v) is 4.80. The van der Waals surface area contributed by atoms with Gasteiger partial charge in [-0.25, -0.2) is 0 Å². The summed E-state index contributed by atoms with van der Waals surface area (Å²) in [6.45, 7) is 2.13. The van der Waals surface area contributed by atoms with E-state index >= 15 is 0 Å². The first kappa shape index (κ1) is 12.6. The summed E-state index contributed by atoms with van der Waals surface area (Å²) in [5.41, 5.74) is 7.34. The quantitative estimate of drug-likeness (QED) is 0.912. The number of aryl methyl sites for hydroxylation is 1. The molecule has 0 aliphatic carbocycles. The molecule has 2 aromatic rings. The van der Waals surface area contributed by atoms with Crippen molar-refractivity contribution in [3.63, 3.8) is 0 Å². The minimum absolute atomic E-state index is 0.142. The van der Waals surface area contributed by atoms with Crippen molar-refractivity contribution in [2.75, 3.05) is 11.1 Å². The Balaban J connectivity index is 2.00.